The zero-order valence-electron chi connectivity index (χ0n) is 14.4. The summed E-state index contributed by atoms with van der Waals surface area (Å²) in [6, 6.07) is 20.8. The number of amidine groups is 1. The lowest BCUT2D eigenvalue weighted by molar-refractivity contribution is 0.434. The van der Waals surface area contributed by atoms with Gasteiger partial charge in [-0.05, 0) is 31.1 Å². The van der Waals surface area contributed by atoms with Gasteiger partial charge in [-0.15, -0.1) is 0 Å². The van der Waals surface area contributed by atoms with Gasteiger partial charge < -0.3 is 10.6 Å². The van der Waals surface area contributed by atoms with E-state index in [9.17, 15) is 0 Å². The predicted molar refractivity (Wildman–Crippen MR) is 101 cm³/mol. The van der Waals surface area contributed by atoms with Crippen molar-refractivity contribution in [1.29, 1.82) is 0 Å². The molecule has 0 atom stereocenters. The van der Waals surface area contributed by atoms with Crippen LogP contribution in [0.15, 0.2) is 77.4 Å². The standard InChI is InChI=1S/C21H25N3/c1-21(2)14-19(22-15-17-9-5-3-6-10-17)13-20(24-21)23-16-18-11-7-4-8-12-18/h3-13,22H,14-16H2,1-2H3,(H,23,24). The normalized spacial score (nSPS) is 17.9. The molecule has 0 saturated heterocycles. The predicted octanol–water partition coefficient (Wildman–Crippen LogP) is 4.03. The molecule has 2 N–H and O–H groups in total. The second-order valence-corrected chi connectivity index (χ2v) is 6.88. The number of hydrogen-bond donors (Lipinski definition) is 2. The first-order valence-corrected chi connectivity index (χ1v) is 8.46. The molecule has 0 radical (unpaired) electrons. The molecule has 2 aromatic carbocycles. The number of nitrogens with one attached hydrogen (secondary N) is 2. The average molecular weight is 319 g/mol. The summed E-state index contributed by atoms with van der Waals surface area (Å²) < 4.78 is 0. The van der Waals surface area contributed by atoms with Gasteiger partial charge in [-0.3, -0.25) is 4.99 Å². The van der Waals surface area contributed by atoms with Gasteiger partial charge in [0.2, 0.25) is 0 Å². The molecular weight excluding hydrogens is 294 g/mol. The molecule has 24 heavy (non-hydrogen) atoms. The lowest BCUT2D eigenvalue weighted by atomic mass is 9.94. The summed E-state index contributed by atoms with van der Waals surface area (Å²) in [7, 11) is 0. The van der Waals surface area contributed by atoms with Crippen LogP contribution in [-0.2, 0) is 13.1 Å². The van der Waals surface area contributed by atoms with Gasteiger partial charge in [0, 0.05) is 24.2 Å². The third kappa shape index (κ3) is 4.72. The van der Waals surface area contributed by atoms with Crippen LogP contribution in [0.1, 0.15) is 31.4 Å². The lowest BCUT2D eigenvalue weighted by Gasteiger charge is -2.33. The van der Waals surface area contributed by atoms with Crippen molar-refractivity contribution in [3.05, 3.63) is 83.6 Å². The number of hydrogen-bond acceptors (Lipinski definition) is 2. The Labute approximate surface area is 144 Å². The summed E-state index contributed by atoms with van der Waals surface area (Å²) in [6.07, 6.45) is 3.10. The van der Waals surface area contributed by atoms with E-state index in [2.05, 4.69) is 79.1 Å². The minimum absolute atomic E-state index is 0.00327. The van der Waals surface area contributed by atoms with Crippen molar-refractivity contribution >= 4 is 5.84 Å². The quantitative estimate of drug-likeness (QED) is 0.873. The summed E-state index contributed by atoms with van der Waals surface area (Å²) in [5, 5.41) is 7.09. The Balaban J connectivity index is 1.69. The smallest absolute Gasteiger partial charge is 0.123 e. The second-order valence-electron chi connectivity index (χ2n) is 6.88. The van der Waals surface area contributed by atoms with Crippen LogP contribution in [-0.4, -0.2) is 11.4 Å². The molecule has 2 aromatic rings. The van der Waals surface area contributed by atoms with Crippen LogP contribution < -0.4 is 10.6 Å². The van der Waals surface area contributed by atoms with Gasteiger partial charge in [-0.1, -0.05) is 60.7 Å². The highest BCUT2D eigenvalue weighted by Crippen LogP contribution is 2.19. The molecule has 0 aromatic heterocycles. The fraction of sp³-hybridized carbons (Fsp3) is 0.286. The second kappa shape index (κ2) is 7.35. The fourth-order valence-electron chi connectivity index (χ4n) is 2.89. The van der Waals surface area contributed by atoms with E-state index in [4.69, 9.17) is 4.99 Å². The molecule has 3 nitrogen and oxygen atoms in total. The molecule has 0 aliphatic carbocycles. The Bertz CT molecular complexity index is 715. The first-order valence-electron chi connectivity index (χ1n) is 8.46. The Kier molecular flexibility index (Phi) is 4.99. The van der Waals surface area contributed by atoms with Gasteiger partial charge in [0.05, 0.1) is 6.54 Å². The van der Waals surface area contributed by atoms with E-state index >= 15 is 0 Å². The molecule has 0 spiro atoms. The van der Waals surface area contributed by atoms with Crippen molar-refractivity contribution in [3.8, 4) is 0 Å². The molecule has 0 amide bonds. The molecule has 0 unspecified atom stereocenters. The summed E-state index contributed by atoms with van der Waals surface area (Å²) in [5.41, 5.74) is 3.75. The van der Waals surface area contributed by atoms with Gasteiger partial charge in [0.15, 0.2) is 0 Å². The summed E-state index contributed by atoms with van der Waals surface area (Å²) in [4.78, 5) is 4.74. The molecule has 0 bridgehead atoms. The molecule has 1 aliphatic heterocycles. The first kappa shape index (κ1) is 16.3. The third-order valence-electron chi connectivity index (χ3n) is 4.05. The van der Waals surface area contributed by atoms with Crippen LogP contribution in [0.5, 0.6) is 0 Å². The summed E-state index contributed by atoms with van der Waals surface area (Å²) in [6.45, 7) is 5.96. The highest BCUT2D eigenvalue weighted by Gasteiger charge is 2.25. The van der Waals surface area contributed by atoms with E-state index < -0.39 is 0 Å². The van der Waals surface area contributed by atoms with Crippen molar-refractivity contribution < 1.29 is 0 Å². The number of rotatable bonds is 5. The van der Waals surface area contributed by atoms with Crippen LogP contribution in [0.2, 0.25) is 0 Å². The molecule has 3 rings (SSSR count). The van der Waals surface area contributed by atoms with Gasteiger partial charge in [0.25, 0.3) is 0 Å². The molecule has 124 valence electrons. The van der Waals surface area contributed by atoms with Gasteiger partial charge >= 0.3 is 0 Å². The Morgan fingerprint density at radius 1 is 0.958 bits per heavy atom. The summed E-state index contributed by atoms with van der Waals surface area (Å²) in [5.74, 6) is 0.950. The Morgan fingerprint density at radius 2 is 1.58 bits per heavy atom. The lowest BCUT2D eigenvalue weighted by Crippen LogP contribution is -2.47. The topological polar surface area (TPSA) is 36.4 Å². The Morgan fingerprint density at radius 3 is 2.25 bits per heavy atom. The minimum Gasteiger partial charge on any atom is -0.384 e. The first-order chi connectivity index (χ1) is 11.6. The van der Waals surface area contributed by atoms with E-state index in [0.29, 0.717) is 6.54 Å². The van der Waals surface area contributed by atoms with Crippen molar-refractivity contribution in [2.24, 2.45) is 4.99 Å². The highest BCUT2D eigenvalue weighted by molar-refractivity contribution is 5.95. The number of benzene rings is 2. The number of aliphatic imine (C=N–C) groups is 1. The van der Waals surface area contributed by atoms with Crippen molar-refractivity contribution in [1.82, 2.24) is 10.6 Å². The molecule has 1 heterocycles. The average Bonchev–Trinajstić information content (AvgIpc) is 2.59. The minimum atomic E-state index is 0.00327. The zero-order chi connectivity index (χ0) is 16.8. The maximum Gasteiger partial charge on any atom is 0.123 e. The summed E-state index contributed by atoms with van der Waals surface area (Å²) >= 11 is 0. The van der Waals surface area contributed by atoms with E-state index in [1.807, 2.05) is 12.1 Å². The molecule has 0 fully saturated rings. The van der Waals surface area contributed by atoms with Gasteiger partial charge in [-0.25, -0.2) is 0 Å². The maximum absolute atomic E-state index is 4.74. The van der Waals surface area contributed by atoms with Crippen LogP contribution >= 0.6 is 0 Å². The van der Waals surface area contributed by atoms with E-state index in [1.54, 1.807) is 0 Å². The Hall–Kier alpha value is -2.55. The van der Waals surface area contributed by atoms with E-state index in [1.165, 1.54) is 16.8 Å². The maximum atomic E-state index is 4.74. The SMILES string of the molecule is CC1(C)CC(NCc2ccccc2)=CC(=NCc2ccccc2)N1. The monoisotopic (exact) mass is 319 g/mol. The largest absolute Gasteiger partial charge is 0.384 e. The van der Waals surface area contributed by atoms with Crippen LogP contribution in [0.25, 0.3) is 0 Å². The molecular formula is C21H25N3. The highest BCUT2D eigenvalue weighted by atomic mass is 15.1. The molecule has 1 aliphatic rings. The van der Waals surface area contributed by atoms with Gasteiger partial charge in [0.1, 0.15) is 5.84 Å². The zero-order valence-corrected chi connectivity index (χ0v) is 14.4. The molecule has 0 saturated carbocycles. The molecule has 3 heteroatoms. The van der Waals surface area contributed by atoms with Gasteiger partial charge in [-0.2, -0.15) is 0 Å². The van der Waals surface area contributed by atoms with Crippen molar-refractivity contribution in [3.63, 3.8) is 0 Å². The van der Waals surface area contributed by atoms with Crippen molar-refractivity contribution in [2.75, 3.05) is 0 Å². The van der Waals surface area contributed by atoms with E-state index in [0.717, 1.165) is 18.8 Å². The number of nitrogens with zero attached hydrogens (tertiary/aromatic N) is 1. The van der Waals surface area contributed by atoms with Crippen molar-refractivity contribution in [2.45, 2.75) is 38.9 Å². The fourth-order valence-corrected chi connectivity index (χ4v) is 2.89. The third-order valence-corrected chi connectivity index (χ3v) is 4.05. The van der Waals surface area contributed by atoms with Crippen LogP contribution in [0.3, 0.4) is 0 Å². The van der Waals surface area contributed by atoms with E-state index in [-0.39, 0.29) is 5.54 Å². The van der Waals surface area contributed by atoms with Crippen LogP contribution in [0, 0.1) is 0 Å². The van der Waals surface area contributed by atoms with Crippen LogP contribution in [0.4, 0.5) is 0 Å².